The molecule has 136 valence electrons. The van der Waals surface area contributed by atoms with Gasteiger partial charge in [0.15, 0.2) is 5.15 Å². The van der Waals surface area contributed by atoms with Crippen LogP contribution in [0.5, 0.6) is 0 Å². The van der Waals surface area contributed by atoms with Crippen molar-refractivity contribution in [3.05, 3.63) is 95.3 Å². The zero-order chi connectivity index (χ0) is 19.3. The summed E-state index contributed by atoms with van der Waals surface area (Å²) in [5.74, 6) is 0. The van der Waals surface area contributed by atoms with E-state index in [1.54, 1.807) is 0 Å². The molecule has 0 radical (unpaired) electrons. The van der Waals surface area contributed by atoms with Crippen LogP contribution in [0, 0.1) is 0 Å². The molecule has 0 amide bonds. The van der Waals surface area contributed by atoms with E-state index in [0.29, 0.717) is 5.15 Å². The molecule has 0 aliphatic heterocycles. The summed E-state index contributed by atoms with van der Waals surface area (Å²) in [6.45, 7) is 4.36. The van der Waals surface area contributed by atoms with Crippen molar-refractivity contribution >= 4 is 11.6 Å². The molecule has 0 atom stereocenters. The number of hydrogen-bond acceptors (Lipinski definition) is 2. The monoisotopic (exact) mass is 382 g/mol. The maximum atomic E-state index is 6.64. The minimum atomic E-state index is -0.201. The van der Waals surface area contributed by atoms with Gasteiger partial charge in [-0.1, -0.05) is 98.2 Å². The second-order valence-corrected chi connectivity index (χ2v) is 8.04. The summed E-state index contributed by atoms with van der Waals surface area (Å²) in [4.78, 5) is 9.80. The molecule has 0 bridgehead atoms. The predicted octanol–water partition coefficient (Wildman–Crippen LogP) is 6.77. The van der Waals surface area contributed by atoms with Crippen LogP contribution in [-0.2, 0) is 5.41 Å². The standard InChI is InChI=1S/C25H19ClN2/c1-25(2)20-14-7-6-13-19(20)22-23(25)28-24(26)21(27-22)18-12-8-11-17(15-18)16-9-4-3-5-10-16/h3-15H,1-2H3. The highest BCUT2D eigenvalue weighted by molar-refractivity contribution is 6.32. The molecule has 1 aromatic heterocycles. The van der Waals surface area contributed by atoms with Crippen LogP contribution in [0.25, 0.3) is 33.6 Å². The van der Waals surface area contributed by atoms with Crippen LogP contribution in [-0.4, -0.2) is 9.97 Å². The third-order valence-corrected chi connectivity index (χ3v) is 5.81. The summed E-state index contributed by atoms with van der Waals surface area (Å²) in [6.07, 6.45) is 0. The molecule has 0 saturated heterocycles. The van der Waals surface area contributed by atoms with E-state index < -0.39 is 0 Å². The lowest BCUT2D eigenvalue weighted by atomic mass is 9.85. The van der Waals surface area contributed by atoms with Crippen molar-refractivity contribution in [2.24, 2.45) is 0 Å². The number of benzene rings is 3. The maximum absolute atomic E-state index is 6.64. The summed E-state index contributed by atoms with van der Waals surface area (Å²) < 4.78 is 0. The Balaban J connectivity index is 1.69. The fourth-order valence-electron chi connectivity index (χ4n) is 4.06. The first kappa shape index (κ1) is 17.2. The second kappa shape index (κ2) is 6.29. The molecule has 28 heavy (non-hydrogen) atoms. The number of rotatable bonds is 2. The molecular formula is C25H19ClN2. The van der Waals surface area contributed by atoms with E-state index in [4.69, 9.17) is 21.6 Å². The van der Waals surface area contributed by atoms with E-state index in [0.717, 1.165) is 33.8 Å². The highest BCUT2D eigenvalue weighted by atomic mass is 35.5. The molecule has 1 heterocycles. The van der Waals surface area contributed by atoms with E-state index in [-0.39, 0.29) is 5.41 Å². The summed E-state index contributed by atoms with van der Waals surface area (Å²) in [6, 6.07) is 27.0. The van der Waals surface area contributed by atoms with Crippen LogP contribution >= 0.6 is 11.6 Å². The molecular weight excluding hydrogens is 364 g/mol. The van der Waals surface area contributed by atoms with Crippen molar-refractivity contribution in [1.29, 1.82) is 0 Å². The molecule has 0 N–H and O–H groups in total. The Hall–Kier alpha value is -2.97. The average molecular weight is 383 g/mol. The van der Waals surface area contributed by atoms with Gasteiger partial charge >= 0.3 is 0 Å². The summed E-state index contributed by atoms with van der Waals surface area (Å²) in [5.41, 5.74) is 8.08. The molecule has 1 aliphatic carbocycles. The summed E-state index contributed by atoms with van der Waals surface area (Å²) in [5, 5.41) is 0.449. The molecule has 2 nitrogen and oxygen atoms in total. The summed E-state index contributed by atoms with van der Waals surface area (Å²) >= 11 is 6.64. The molecule has 0 unspecified atom stereocenters. The zero-order valence-corrected chi connectivity index (χ0v) is 16.5. The first-order chi connectivity index (χ1) is 13.6. The lowest BCUT2D eigenvalue weighted by Crippen LogP contribution is -2.17. The van der Waals surface area contributed by atoms with E-state index in [2.05, 4.69) is 62.4 Å². The first-order valence-corrected chi connectivity index (χ1v) is 9.77. The third kappa shape index (κ3) is 2.56. The van der Waals surface area contributed by atoms with Gasteiger partial charge in [0.05, 0.1) is 11.4 Å². The SMILES string of the molecule is CC1(C)c2ccccc2-c2nc(-c3cccc(-c4ccccc4)c3)c(Cl)nc21. The van der Waals surface area contributed by atoms with Gasteiger partial charge in [-0.2, -0.15) is 0 Å². The number of aromatic nitrogens is 2. The highest BCUT2D eigenvalue weighted by Crippen LogP contribution is 2.48. The van der Waals surface area contributed by atoms with Crippen LogP contribution in [0.2, 0.25) is 5.15 Å². The lowest BCUT2D eigenvalue weighted by Gasteiger charge is -2.20. The number of halogens is 1. The fraction of sp³-hybridized carbons (Fsp3) is 0.120. The highest BCUT2D eigenvalue weighted by Gasteiger charge is 2.38. The van der Waals surface area contributed by atoms with Crippen LogP contribution < -0.4 is 0 Å². The van der Waals surface area contributed by atoms with Crippen molar-refractivity contribution in [3.63, 3.8) is 0 Å². The Morgan fingerprint density at radius 3 is 2.18 bits per heavy atom. The molecule has 4 aromatic rings. The van der Waals surface area contributed by atoms with Gasteiger partial charge in [-0.15, -0.1) is 0 Å². The third-order valence-electron chi connectivity index (χ3n) is 5.54. The second-order valence-electron chi connectivity index (χ2n) is 7.68. The normalized spacial score (nSPS) is 13.8. The Labute approximate surface area is 169 Å². The van der Waals surface area contributed by atoms with Gasteiger partial charge in [0.1, 0.15) is 5.69 Å². The molecule has 3 aromatic carbocycles. The van der Waals surface area contributed by atoms with Crippen molar-refractivity contribution < 1.29 is 0 Å². The lowest BCUT2D eigenvalue weighted by molar-refractivity contribution is 0.635. The maximum Gasteiger partial charge on any atom is 0.155 e. The molecule has 0 saturated carbocycles. The molecule has 3 heteroatoms. The van der Waals surface area contributed by atoms with Crippen molar-refractivity contribution in [2.75, 3.05) is 0 Å². The quantitative estimate of drug-likeness (QED) is 0.382. The number of hydrogen-bond donors (Lipinski definition) is 0. The van der Waals surface area contributed by atoms with Crippen LogP contribution in [0.4, 0.5) is 0 Å². The Morgan fingerprint density at radius 1 is 0.679 bits per heavy atom. The van der Waals surface area contributed by atoms with Gasteiger partial charge in [0.25, 0.3) is 0 Å². The van der Waals surface area contributed by atoms with Crippen LogP contribution in [0.1, 0.15) is 25.1 Å². The first-order valence-electron chi connectivity index (χ1n) is 9.39. The van der Waals surface area contributed by atoms with E-state index >= 15 is 0 Å². The molecule has 0 spiro atoms. The minimum absolute atomic E-state index is 0.201. The van der Waals surface area contributed by atoms with Crippen LogP contribution in [0.3, 0.4) is 0 Å². The molecule has 5 rings (SSSR count). The molecule has 1 aliphatic rings. The van der Waals surface area contributed by atoms with E-state index in [9.17, 15) is 0 Å². The minimum Gasteiger partial charge on any atom is -0.243 e. The summed E-state index contributed by atoms with van der Waals surface area (Å²) in [7, 11) is 0. The van der Waals surface area contributed by atoms with Gasteiger partial charge in [-0.05, 0) is 22.8 Å². The number of nitrogens with zero attached hydrogens (tertiary/aromatic N) is 2. The topological polar surface area (TPSA) is 25.8 Å². The Bertz CT molecular complexity index is 1200. The Morgan fingerprint density at radius 2 is 1.36 bits per heavy atom. The molecule has 0 fully saturated rings. The number of fused-ring (bicyclic) bond motifs is 3. The zero-order valence-electron chi connectivity index (χ0n) is 15.8. The van der Waals surface area contributed by atoms with Crippen molar-refractivity contribution in [1.82, 2.24) is 9.97 Å². The predicted molar refractivity (Wildman–Crippen MR) is 115 cm³/mol. The van der Waals surface area contributed by atoms with Gasteiger partial charge in [0.2, 0.25) is 0 Å². The van der Waals surface area contributed by atoms with E-state index in [1.165, 1.54) is 11.1 Å². The van der Waals surface area contributed by atoms with Gasteiger partial charge in [0, 0.05) is 16.5 Å². The largest absolute Gasteiger partial charge is 0.243 e. The Kier molecular flexibility index (Phi) is 3.85. The van der Waals surface area contributed by atoms with E-state index in [1.807, 2.05) is 30.3 Å². The fourth-order valence-corrected chi connectivity index (χ4v) is 4.30. The van der Waals surface area contributed by atoms with Crippen LogP contribution in [0.15, 0.2) is 78.9 Å². The smallest absolute Gasteiger partial charge is 0.155 e. The van der Waals surface area contributed by atoms with Gasteiger partial charge in [-0.25, -0.2) is 9.97 Å². The van der Waals surface area contributed by atoms with Gasteiger partial charge in [-0.3, -0.25) is 0 Å². The van der Waals surface area contributed by atoms with Gasteiger partial charge < -0.3 is 0 Å². The average Bonchev–Trinajstić information content (AvgIpc) is 2.95. The van der Waals surface area contributed by atoms with Crippen molar-refractivity contribution in [2.45, 2.75) is 19.3 Å². The van der Waals surface area contributed by atoms with Crippen molar-refractivity contribution in [3.8, 4) is 33.6 Å².